The molecule has 4 amide bonds. The minimum Gasteiger partial charge on any atom is -0.454 e. The van der Waals surface area contributed by atoms with E-state index in [0.29, 0.717) is 24.5 Å². The maximum atomic E-state index is 13.6. The molecule has 0 radical (unpaired) electrons. The van der Waals surface area contributed by atoms with Gasteiger partial charge in [0.15, 0.2) is 11.5 Å². The smallest absolute Gasteiger partial charge is 0.325 e. The van der Waals surface area contributed by atoms with Crippen molar-refractivity contribution in [2.45, 2.75) is 56.7 Å². The summed E-state index contributed by atoms with van der Waals surface area (Å²) in [5.41, 5.74) is 1.79. The zero-order valence-corrected chi connectivity index (χ0v) is 18.9. The maximum absolute atomic E-state index is 13.6. The number of imide groups is 1. The van der Waals surface area contributed by atoms with Gasteiger partial charge in [-0.15, -0.1) is 0 Å². The normalized spacial score (nSPS) is 23.0. The third-order valence-corrected chi connectivity index (χ3v) is 7.59. The molecule has 0 bridgehead atoms. The highest BCUT2D eigenvalue weighted by Crippen LogP contribution is 2.41. The lowest BCUT2D eigenvalue weighted by Gasteiger charge is -2.30. The third kappa shape index (κ3) is 3.31. The van der Waals surface area contributed by atoms with E-state index >= 15 is 0 Å². The van der Waals surface area contributed by atoms with Gasteiger partial charge in [-0.05, 0) is 54.5 Å². The van der Waals surface area contributed by atoms with Gasteiger partial charge in [0, 0.05) is 12.6 Å². The van der Waals surface area contributed by atoms with Crippen LogP contribution in [0.15, 0.2) is 42.5 Å². The van der Waals surface area contributed by atoms with E-state index in [2.05, 4.69) is 5.32 Å². The highest BCUT2D eigenvalue weighted by atomic mass is 16.7. The van der Waals surface area contributed by atoms with Gasteiger partial charge in [0.05, 0.1) is 0 Å². The van der Waals surface area contributed by atoms with Crippen LogP contribution in [-0.4, -0.2) is 47.0 Å². The Morgan fingerprint density at radius 1 is 1.09 bits per heavy atom. The number of urea groups is 1. The SMILES string of the molecule is O=C1NC2(CCc3ccccc32)C(=O)N1CC(=O)N(Cc1ccc2c(c1)OCO2)C1CCCC1. The molecule has 34 heavy (non-hydrogen) atoms. The fraction of sp³-hybridized carbons (Fsp3) is 0.423. The summed E-state index contributed by atoms with van der Waals surface area (Å²) < 4.78 is 10.9. The zero-order valence-electron chi connectivity index (χ0n) is 18.9. The quantitative estimate of drug-likeness (QED) is 0.692. The van der Waals surface area contributed by atoms with Gasteiger partial charge in [-0.2, -0.15) is 0 Å². The molecule has 8 heteroatoms. The molecule has 1 spiro atoms. The topological polar surface area (TPSA) is 88.2 Å². The molecular formula is C26H27N3O5. The molecule has 1 saturated carbocycles. The lowest BCUT2D eigenvalue weighted by molar-refractivity contribution is -0.140. The summed E-state index contributed by atoms with van der Waals surface area (Å²) in [5.74, 6) is 0.831. The molecule has 2 heterocycles. The highest BCUT2D eigenvalue weighted by Gasteiger charge is 2.55. The Bertz CT molecular complexity index is 1170. The van der Waals surface area contributed by atoms with Gasteiger partial charge in [0.2, 0.25) is 12.7 Å². The number of hydrogen-bond donors (Lipinski definition) is 1. The molecule has 2 aromatic rings. The van der Waals surface area contributed by atoms with Crippen molar-refractivity contribution in [2.75, 3.05) is 13.3 Å². The first-order valence-corrected chi connectivity index (χ1v) is 12.0. The third-order valence-electron chi connectivity index (χ3n) is 7.59. The second-order valence-electron chi connectivity index (χ2n) is 9.53. The van der Waals surface area contributed by atoms with Gasteiger partial charge < -0.3 is 19.7 Å². The van der Waals surface area contributed by atoms with Crippen LogP contribution >= 0.6 is 0 Å². The number of carbonyl (C=O) groups is 3. The Hall–Kier alpha value is -3.55. The van der Waals surface area contributed by atoms with Crippen molar-refractivity contribution in [1.82, 2.24) is 15.1 Å². The summed E-state index contributed by atoms with van der Waals surface area (Å²) >= 11 is 0. The lowest BCUT2D eigenvalue weighted by Crippen LogP contribution is -2.47. The van der Waals surface area contributed by atoms with E-state index in [1.807, 2.05) is 47.4 Å². The van der Waals surface area contributed by atoms with E-state index < -0.39 is 11.6 Å². The Morgan fingerprint density at radius 3 is 2.74 bits per heavy atom. The summed E-state index contributed by atoms with van der Waals surface area (Å²) in [6.45, 7) is 0.342. The van der Waals surface area contributed by atoms with E-state index in [-0.39, 0.29) is 31.2 Å². The van der Waals surface area contributed by atoms with Gasteiger partial charge in [-0.1, -0.05) is 43.2 Å². The summed E-state index contributed by atoms with van der Waals surface area (Å²) in [4.78, 5) is 42.9. The molecule has 2 aliphatic carbocycles. The van der Waals surface area contributed by atoms with Gasteiger partial charge in [0.25, 0.3) is 5.91 Å². The number of aryl methyl sites for hydroxylation is 1. The van der Waals surface area contributed by atoms with Crippen molar-refractivity contribution in [1.29, 1.82) is 0 Å². The molecule has 1 unspecified atom stereocenters. The Labute approximate surface area is 197 Å². The van der Waals surface area contributed by atoms with Gasteiger partial charge in [0.1, 0.15) is 12.1 Å². The molecule has 2 fully saturated rings. The van der Waals surface area contributed by atoms with Gasteiger partial charge in [-0.3, -0.25) is 14.5 Å². The van der Waals surface area contributed by atoms with Crippen LogP contribution in [0, 0.1) is 0 Å². The molecule has 0 aromatic heterocycles. The highest BCUT2D eigenvalue weighted by molar-refractivity contribution is 6.10. The minimum atomic E-state index is -1.05. The molecule has 8 nitrogen and oxygen atoms in total. The standard InChI is InChI=1S/C26H27N3O5/c30-23(15-29-24(31)26(27-25(29)32)12-11-18-5-1-4-8-20(18)26)28(19-6-2-3-7-19)14-17-9-10-21-22(13-17)34-16-33-21/h1,4-5,8-10,13,19H,2-3,6-7,11-12,14-16H2,(H,27,32). The predicted molar refractivity (Wildman–Crippen MR) is 122 cm³/mol. The first-order valence-electron chi connectivity index (χ1n) is 12.0. The average Bonchev–Trinajstić information content (AvgIpc) is 3.63. The van der Waals surface area contributed by atoms with Gasteiger partial charge >= 0.3 is 6.03 Å². The van der Waals surface area contributed by atoms with Crippen molar-refractivity contribution in [3.63, 3.8) is 0 Å². The summed E-state index contributed by atoms with van der Waals surface area (Å²) in [6.07, 6.45) is 5.23. The van der Waals surface area contributed by atoms with E-state index in [4.69, 9.17) is 9.47 Å². The fourth-order valence-corrected chi connectivity index (χ4v) is 5.83. The second kappa shape index (κ2) is 8.04. The number of hydrogen-bond acceptors (Lipinski definition) is 5. The van der Waals surface area contributed by atoms with Crippen LogP contribution in [0.2, 0.25) is 0 Å². The van der Waals surface area contributed by atoms with Crippen LogP contribution in [0.4, 0.5) is 4.79 Å². The van der Waals surface area contributed by atoms with Crippen molar-refractivity contribution >= 4 is 17.8 Å². The monoisotopic (exact) mass is 461 g/mol. The Kier molecular flexibility index (Phi) is 4.97. The fourth-order valence-electron chi connectivity index (χ4n) is 5.83. The summed E-state index contributed by atoms with van der Waals surface area (Å²) in [5, 5.41) is 2.91. The second-order valence-corrected chi connectivity index (χ2v) is 9.53. The Balaban J connectivity index is 1.23. The molecule has 1 atom stereocenters. The molecular weight excluding hydrogens is 434 g/mol. The van der Waals surface area contributed by atoms with Crippen LogP contribution in [0.1, 0.15) is 48.8 Å². The van der Waals surface area contributed by atoms with Crippen LogP contribution in [0.25, 0.3) is 0 Å². The predicted octanol–water partition coefficient (Wildman–Crippen LogP) is 3.08. The maximum Gasteiger partial charge on any atom is 0.325 e. The van der Waals surface area contributed by atoms with E-state index in [0.717, 1.165) is 53.7 Å². The minimum absolute atomic E-state index is 0.0971. The van der Waals surface area contributed by atoms with Crippen molar-refractivity contribution in [3.05, 3.63) is 59.2 Å². The number of nitrogens with one attached hydrogen (secondary N) is 1. The first-order chi connectivity index (χ1) is 16.5. The summed E-state index contributed by atoms with van der Waals surface area (Å²) in [6, 6.07) is 13.0. The van der Waals surface area contributed by atoms with Crippen molar-refractivity contribution in [2.24, 2.45) is 0 Å². The van der Waals surface area contributed by atoms with Crippen LogP contribution in [0.3, 0.4) is 0 Å². The number of amides is 4. The van der Waals surface area contributed by atoms with Crippen LogP contribution in [-0.2, 0) is 28.1 Å². The average molecular weight is 462 g/mol. The molecule has 176 valence electrons. The summed E-state index contributed by atoms with van der Waals surface area (Å²) in [7, 11) is 0. The van der Waals surface area contributed by atoms with Crippen molar-refractivity contribution in [3.8, 4) is 11.5 Å². The molecule has 2 aromatic carbocycles. The van der Waals surface area contributed by atoms with Crippen molar-refractivity contribution < 1.29 is 23.9 Å². The zero-order chi connectivity index (χ0) is 23.3. The molecule has 1 saturated heterocycles. The number of benzene rings is 2. The molecule has 6 rings (SSSR count). The number of rotatable bonds is 5. The van der Waals surface area contributed by atoms with Crippen LogP contribution < -0.4 is 14.8 Å². The Morgan fingerprint density at radius 2 is 1.88 bits per heavy atom. The number of fused-ring (bicyclic) bond motifs is 3. The number of carbonyl (C=O) groups excluding carboxylic acids is 3. The molecule has 2 aliphatic heterocycles. The lowest BCUT2D eigenvalue weighted by atomic mass is 9.92. The largest absolute Gasteiger partial charge is 0.454 e. The van der Waals surface area contributed by atoms with E-state index in [1.54, 1.807) is 0 Å². The number of ether oxygens (including phenoxy) is 2. The molecule has 4 aliphatic rings. The number of nitrogens with zero attached hydrogens (tertiary/aromatic N) is 2. The first kappa shape index (κ1) is 21.0. The van der Waals surface area contributed by atoms with E-state index in [9.17, 15) is 14.4 Å². The van der Waals surface area contributed by atoms with Gasteiger partial charge in [-0.25, -0.2) is 4.79 Å². The molecule has 1 N–H and O–H groups in total. The van der Waals surface area contributed by atoms with E-state index in [1.165, 1.54) is 0 Å². The van der Waals surface area contributed by atoms with Crippen LogP contribution in [0.5, 0.6) is 11.5 Å².